The molecular formula is C16H12N5O6S2+. The molecule has 2 N–H and O–H groups in total. The lowest BCUT2D eigenvalue weighted by Gasteiger charge is -1.99. The summed E-state index contributed by atoms with van der Waals surface area (Å²) >= 11 is 0.905. The molecule has 148 valence electrons. The zero-order chi connectivity index (χ0) is 20.8. The molecule has 0 aliphatic carbocycles. The van der Waals surface area contributed by atoms with Crippen molar-refractivity contribution in [3.05, 3.63) is 68.6 Å². The van der Waals surface area contributed by atoms with Crippen molar-refractivity contribution in [2.24, 2.45) is 0 Å². The number of aromatic amines is 1. The number of rotatable bonds is 5. The van der Waals surface area contributed by atoms with Gasteiger partial charge >= 0.3 is 20.7 Å². The molecular weight excluding hydrogens is 422 g/mol. The highest BCUT2D eigenvalue weighted by Gasteiger charge is 2.37. The number of para-hydroxylation sites is 1. The molecule has 0 saturated heterocycles. The normalized spacial score (nSPS) is 11.6. The zero-order valence-electron chi connectivity index (χ0n) is 14.6. The molecule has 4 rings (SSSR count). The van der Waals surface area contributed by atoms with E-state index in [1.165, 1.54) is 12.1 Å². The number of nitrogens with zero attached hydrogens (tertiary/aromatic N) is 3. The molecule has 2 heterocycles. The summed E-state index contributed by atoms with van der Waals surface area (Å²) in [5.41, 5.74) is -0.00138. The highest BCUT2D eigenvalue weighted by Crippen LogP contribution is 2.32. The Morgan fingerprint density at radius 3 is 2.66 bits per heavy atom. The zero-order valence-corrected chi connectivity index (χ0v) is 16.3. The second-order valence-corrected chi connectivity index (χ2v) is 8.59. The van der Waals surface area contributed by atoms with E-state index in [1.807, 2.05) is 6.92 Å². The van der Waals surface area contributed by atoms with Crippen molar-refractivity contribution < 1.29 is 22.5 Å². The van der Waals surface area contributed by atoms with Gasteiger partial charge in [-0.25, -0.2) is 14.5 Å². The van der Waals surface area contributed by atoms with Gasteiger partial charge in [0.15, 0.2) is 10.6 Å². The molecule has 0 atom stereocenters. The Morgan fingerprint density at radius 1 is 1.24 bits per heavy atom. The smallest absolute Gasteiger partial charge is 0.281 e. The predicted octanol–water partition coefficient (Wildman–Crippen LogP) is 1.87. The molecule has 0 aliphatic rings. The SMILES string of the molecule is Cc1ccc(-[n+]2[nH]oc(=O)c2S(=O)(=O)Nc2nc3c([N+](=O)[O-])cccc3s2)cc1. The van der Waals surface area contributed by atoms with E-state index in [-0.39, 0.29) is 16.3 Å². The van der Waals surface area contributed by atoms with Gasteiger partial charge < -0.3 is 0 Å². The number of nitro groups is 1. The number of benzene rings is 2. The Bertz CT molecular complexity index is 1400. The van der Waals surface area contributed by atoms with Gasteiger partial charge in [0.25, 0.3) is 5.69 Å². The van der Waals surface area contributed by atoms with Crippen LogP contribution in [-0.4, -0.2) is 23.6 Å². The number of anilines is 1. The van der Waals surface area contributed by atoms with Crippen molar-refractivity contribution in [1.29, 1.82) is 0 Å². The van der Waals surface area contributed by atoms with Crippen LogP contribution in [0.1, 0.15) is 5.56 Å². The largest absolute Gasteiger partial charge is 0.449 e. The van der Waals surface area contributed by atoms with E-state index in [1.54, 1.807) is 30.3 Å². The minimum Gasteiger partial charge on any atom is -0.281 e. The number of aromatic nitrogens is 3. The summed E-state index contributed by atoms with van der Waals surface area (Å²) in [5.74, 6) is 0. The third-order valence-electron chi connectivity index (χ3n) is 3.97. The predicted molar refractivity (Wildman–Crippen MR) is 103 cm³/mol. The molecule has 0 fully saturated rings. The summed E-state index contributed by atoms with van der Waals surface area (Å²) in [6.07, 6.45) is 0. The first-order chi connectivity index (χ1) is 13.8. The van der Waals surface area contributed by atoms with E-state index in [0.29, 0.717) is 10.4 Å². The van der Waals surface area contributed by atoms with Gasteiger partial charge in [0, 0.05) is 18.2 Å². The van der Waals surface area contributed by atoms with Crippen LogP contribution in [0.15, 0.2) is 56.8 Å². The highest BCUT2D eigenvalue weighted by molar-refractivity contribution is 7.92. The van der Waals surface area contributed by atoms with E-state index in [9.17, 15) is 23.3 Å². The van der Waals surface area contributed by atoms with Gasteiger partial charge in [0.1, 0.15) is 0 Å². The summed E-state index contributed by atoms with van der Waals surface area (Å²) < 4.78 is 34.0. The van der Waals surface area contributed by atoms with Crippen molar-refractivity contribution >= 4 is 42.4 Å². The van der Waals surface area contributed by atoms with Crippen LogP contribution in [0.25, 0.3) is 15.9 Å². The average Bonchev–Trinajstić information content (AvgIpc) is 3.24. The quantitative estimate of drug-likeness (QED) is 0.276. The molecule has 4 aromatic rings. The fraction of sp³-hybridized carbons (Fsp3) is 0.0625. The Labute approximate surface area is 166 Å². The summed E-state index contributed by atoms with van der Waals surface area (Å²) in [5, 5.41) is 12.6. The number of non-ortho nitro benzene ring substituents is 1. The van der Waals surface area contributed by atoms with Crippen molar-refractivity contribution in [1.82, 2.24) is 10.3 Å². The summed E-state index contributed by atoms with van der Waals surface area (Å²) in [6.45, 7) is 1.86. The van der Waals surface area contributed by atoms with Crippen LogP contribution < -0.4 is 15.0 Å². The summed E-state index contributed by atoms with van der Waals surface area (Å²) in [4.78, 5) is 26.6. The van der Waals surface area contributed by atoms with Gasteiger partial charge in [-0.05, 0) is 22.9 Å². The Hall–Kier alpha value is -3.58. The first kappa shape index (κ1) is 18.8. The summed E-state index contributed by atoms with van der Waals surface area (Å²) in [6, 6.07) is 11.0. The van der Waals surface area contributed by atoms with Crippen molar-refractivity contribution in [2.75, 3.05) is 4.72 Å². The number of hydrogen-bond donors (Lipinski definition) is 2. The molecule has 0 amide bonds. The molecule has 0 radical (unpaired) electrons. The van der Waals surface area contributed by atoms with Gasteiger partial charge in [-0.3, -0.25) is 14.6 Å². The number of sulfonamides is 1. The van der Waals surface area contributed by atoms with Crippen molar-refractivity contribution in [2.45, 2.75) is 11.9 Å². The van der Waals surface area contributed by atoms with Gasteiger partial charge in [-0.1, -0.05) is 35.1 Å². The number of aryl methyl sites for hydroxylation is 1. The molecule has 0 bridgehead atoms. The van der Waals surface area contributed by atoms with Crippen LogP contribution in [0.5, 0.6) is 0 Å². The van der Waals surface area contributed by atoms with Crippen molar-refractivity contribution in [3.8, 4) is 5.69 Å². The maximum Gasteiger partial charge on any atom is 0.449 e. The minimum atomic E-state index is -4.42. The van der Waals surface area contributed by atoms with Gasteiger partial charge in [-0.15, -0.1) is 0 Å². The molecule has 0 saturated carbocycles. The minimum absolute atomic E-state index is 0.0488. The maximum absolute atomic E-state index is 12.9. The van der Waals surface area contributed by atoms with Crippen LogP contribution in [0, 0.1) is 17.0 Å². The monoisotopic (exact) mass is 434 g/mol. The Balaban J connectivity index is 1.78. The number of H-pyrrole nitrogens is 1. The van der Waals surface area contributed by atoms with E-state index in [4.69, 9.17) is 0 Å². The van der Waals surface area contributed by atoms with E-state index < -0.39 is 25.6 Å². The topological polar surface area (TPSA) is 152 Å². The van der Waals surface area contributed by atoms with E-state index in [2.05, 4.69) is 19.5 Å². The van der Waals surface area contributed by atoms with Gasteiger partial charge in [0.2, 0.25) is 5.69 Å². The molecule has 29 heavy (non-hydrogen) atoms. The lowest BCUT2D eigenvalue weighted by Crippen LogP contribution is -2.42. The molecule has 0 spiro atoms. The third-order valence-corrected chi connectivity index (χ3v) is 6.36. The van der Waals surface area contributed by atoms with Crippen LogP contribution in [0.4, 0.5) is 10.8 Å². The number of hydrogen-bond acceptors (Lipinski definition) is 8. The van der Waals surface area contributed by atoms with E-state index >= 15 is 0 Å². The van der Waals surface area contributed by atoms with Crippen LogP contribution in [0.3, 0.4) is 0 Å². The van der Waals surface area contributed by atoms with Gasteiger partial charge in [-0.2, -0.15) is 8.42 Å². The lowest BCUT2D eigenvalue weighted by molar-refractivity contribution is -0.705. The van der Waals surface area contributed by atoms with E-state index in [0.717, 1.165) is 21.6 Å². The molecule has 0 aliphatic heterocycles. The first-order valence-electron chi connectivity index (χ1n) is 8.03. The molecule has 11 nitrogen and oxygen atoms in total. The number of nitrogens with one attached hydrogen (secondary N) is 2. The fourth-order valence-corrected chi connectivity index (χ4v) is 4.90. The highest BCUT2D eigenvalue weighted by atomic mass is 32.2. The molecule has 2 aromatic heterocycles. The van der Waals surface area contributed by atoms with Crippen molar-refractivity contribution in [3.63, 3.8) is 0 Å². The van der Waals surface area contributed by atoms with Gasteiger partial charge in [0.05, 0.1) is 9.62 Å². The Morgan fingerprint density at radius 2 is 1.97 bits per heavy atom. The van der Waals surface area contributed by atoms with Crippen LogP contribution >= 0.6 is 11.3 Å². The standard InChI is InChI=1S/C16H11N5O6S2/c1-9-5-7-10(8-6-9)20-14(15(22)27-19-20)29(25,26)18-16-17-13-11(21(23)24)3-2-4-12(13)28-16/h2-8H,1H3,(H-,17,18,19,22)/p+1. The maximum atomic E-state index is 12.9. The second-order valence-electron chi connectivity index (χ2n) is 5.96. The first-order valence-corrected chi connectivity index (χ1v) is 10.3. The lowest BCUT2D eigenvalue weighted by atomic mass is 10.2. The molecule has 13 heteroatoms. The Kier molecular flexibility index (Phi) is 4.39. The molecule has 2 aromatic carbocycles. The summed E-state index contributed by atoms with van der Waals surface area (Å²) in [7, 11) is -4.42. The second kappa shape index (κ2) is 6.79. The average molecular weight is 434 g/mol. The number of nitro benzene ring substituents is 1. The number of thiazole rings is 1. The van der Waals surface area contributed by atoms with Crippen LogP contribution in [0.2, 0.25) is 0 Å². The molecule has 0 unspecified atom stereocenters. The fourth-order valence-electron chi connectivity index (χ4n) is 2.65. The number of fused-ring (bicyclic) bond motifs is 1. The third kappa shape index (κ3) is 3.36. The van der Waals surface area contributed by atoms with Crippen LogP contribution in [-0.2, 0) is 10.0 Å².